The van der Waals surface area contributed by atoms with E-state index >= 15 is 0 Å². The minimum absolute atomic E-state index is 0.380. The van der Waals surface area contributed by atoms with E-state index < -0.39 is 18.2 Å². The summed E-state index contributed by atoms with van der Waals surface area (Å²) >= 11 is 0. The van der Waals surface area contributed by atoms with Crippen molar-refractivity contribution in [1.29, 1.82) is 0 Å². The van der Waals surface area contributed by atoms with Crippen LogP contribution in [0.2, 0.25) is 0 Å². The number of benzene rings is 1. The highest BCUT2D eigenvalue weighted by molar-refractivity contribution is 5.47. The molecule has 1 saturated heterocycles. The first-order chi connectivity index (χ1) is 8.65. The van der Waals surface area contributed by atoms with Crippen molar-refractivity contribution in [1.82, 2.24) is 5.32 Å². The van der Waals surface area contributed by atoms with Crippen LogP contribution in [0, 0.1) is 5.82 Å². The monoisotopic (exact) mass is 260 g/mol. The number of nitrogens with one attached hydrogen (secondary N) is 2. The molecule has 2 N–H and O–H groups in total. The third-order valence-electron chi connectivity index (χ3n) is 2.86. The van der Waals surface area contributed by atoms with Crippen molar-refractivity contribution in [2.45, 2.75) is 25.5 Å². The lowest BCUT2D eigenvalue weighted by Crippen LogP contribution is -2.29. The molecule has 3 nitrogen and oxygen atoms in total. The summed E-state index contributed by atoms with van der Waals surface area (Å²) in [6, 6.07) is 4.26. The van der Waals surface area contributed by atoms with Gasteiger partial charge in [-0.2, -0.15) is 8.78 Å². The van der Waals surface area contributed by atoms with E-state index in [0.717, 1.165) is 25.5 Å². The van der Waals surface area contributed by atoms with E-state index in [-0.39, 0.29) is 0 Å². The lowest BCUT2D eigenvalue weighted by molar-refractivity contribution is -0.0521. The molecule has 6 heteroatoms. The number of halogens is 3. The molecule has 0 aromatic heterocycles. The van der Waals surface area contributed by atoms with E-state index in [1.165, 1.54) is 12.1 Å². The zero-order valence-corrected chi connectivity index (χ0v) is 9.76. The first-order valence-corrected chi connectivity index (χ1v) is 5.87. The molecule has 1 aromatic rings. The van der Waals surface area contributed by atoms with Gasteiger partial charge in [-0.25, -0.2) is 4.39 Å². The van der Waals surface area contributed by atoms with Crippen LogP contribution in [0.5, 0.6) is 5.75 Å². The number of hydrogen-bond donors (Lipinski definition) is 2. The van der Waals surface area contributed by atoms with Gasteiger partial charge in [0.05, 0.1) is 0 Å². The Hall–Kier alpha value is -1.43. The van der Waals surface area contributed by atoms with Gasteiger partial charge >= 0.3 is 6.61 Å². The highest BCUT2D eigenvalue weighted by Crippen LogP contribution is 2.23. The number of alkyl halides is 2. The van der Waals surface area contributed by atoms with E-state index in [9.17, 15) is 13.2 Å². The number of anilines is 1. The van der Waals surface area contributed by atoms with E-state index in [0.29, 0.717) is 18.3 Å². The fourth-order valence-electron chi connectivity index (χ4n) is 1.97. The molecule has 0 spiro atoms. The Morgan fingerprint density at radius 1 is 1.44 bits per heavy atom. The van der Waals surface area contributed by atoms with Gasteiger partial charge in [-0.15, -0.1) is 0 Å². The average Bonchev–Trinajstić information content (AvgIpc) is 2.82. The molecule has 1 unspecified atom stereocenters. The molecule has 1 aliphatic rings. The molecule has 0 amide bonds. The zero-order chi connectivity index (χ0) is 13.0. The Labute approximate surface area is 103 Å². The van der Waals surface area contributed by atoms with Crippen molar-refractivity contribution in [2.24, 2.45) is 0 Å². The molecular weight excluding hydrogens is 245 g/mol. The van der Waals surface area contributed by atoms with Gasteiger partial charge < -0.3 is 15.4 Å². The molecule has 1 heterocycles. The summed E-state index contributed by atoms with van der Waals surface area (Å²) in [6.45, 7) is -1.32. The quantitative estimate of drug-likeness (QED) is 0.853. The van der Waals surface area contributed by atoms with Crippen molar-refractivity contribution in [2.75, 3.05) is 18.4 Å². The van der Waals surface area contributed by atoms with Crippen LogP contribution in [0.4, 0.5) is 18.9 Å². The summed E-state index contributed by atoms with van der Waals surface area (Å²) in [4.78, 5) is 0. The summed E-state index contributed by atoms with van der Waals surface area (Å²) < 4.78 is 41.3. The standard InChI is InChI=1S/C12H15F3N2O/c13-10-6-8(3-4-11(10)18-12(14)15)17-7-9-2-1-5-16-9/h3-4,6,9,12,16-17H,1-2,5,7H2. The Kier molecular flexibility index (Phi) is 4.30. The summed E-state index contributed by atoms with van der Waals surface area (Å²) in [5, 5.41) is 6.36. The Morgan fingerprint density at radius 2 is 2.28 bits per heavy atom. The van der Waals surface area contributed by atoms with Gasteiger partial charge in [-0.1, -0.05) is 0 Å². The number of hydrogen-bond acceptors (Lipinski definition) is 3. The van der Waals surface area contributed by atoms with E-state index in [1.54, 1.807) is 0 Å². The van der Waals surface area contributed by atoms with Gasteiger partial charge in [0.2, 0.25) is 0 Å². The van der Waals surface area contributed by atoms with Crippen LogP contribution >= 0.6 is 0 Å². The molecule has 1 aliphatic heterocycles. The van der Waals surface area contributed by atoms with Gasteiger partial charge in [0.1, 0.15) is 0 Å². The van der Waals surface area contributed by atoms with Crippen LogP contribution in [-0.4, -0.2) is 25.7 Å². The van der Waals surface area contributed by atoms with Gasteiger partial charge in [0, 0.05) is 24.3 Å². The summed E-state index contributed by atoms with van der Waals surface area (Å²) in [5.74, 6) is -1.23. The predicted molar refractivity (Wildman–Crippen MR) is 62.5 cm³/mol. The molecule has 0 bridgehead atoms. The predicted octanol–water partition coefficient (Wildman–Crippen LogP) is 2.59. The lowest BCUT2D eigenvalue weighted by Gasteiger charge is -2.13. The average molecular weight is 260 g/mol. The molecule has 1 fully saturated rings. The second-order valence-corrected chi connectivity index (χ2v) is 4.20. The van der Waals surface area contributed by atoms with E-state index in [1.807, 2.05) is 0 Å². The van der Waals surface area contributed by atoms with Crippen molar-refractivity contribution in [3.63, 3.8) is 0 Å². The van der Waals surface area contributed by atoms with Gasteiger partial charge in [-0.3, -0.25) is 0 Å². The molecule has 1 aromatic carbocycles. The summed E-state index contributed by atoms with van der Waals surface area (Å²) in [6.07, 6.45) is 2.23. The maximum atomic E-state index is 13.4. The normalized spacial score (nSPS) is 19.2. The maximum Gasteiger partial charge on any atom is 0.387 e. The largest absolute Gasteiger partial charge is 0.432 e. The molecule has 18 heavy (non-hydrogen) atoms. The highest BCUT2D eigenvalue weighted by Gasteiger charge is 2.14. The molecule has 0 radical (unpaired) electrons. The topological polar surface area (TPSA) is 33.3 Å². The number of ether oxygens (including phenoxy) is 1. The Bertz CT molecular complexity index is 395. The maximum absolute atomic E-state index is 13.4. The SMILES string of the molecule is Fc1cc(NCC2CCCN2)ccc1OC(F)F. The van der Waals surface area contributed by atoms with Crippen molar-refractivity contribution in [3.05, 3.63) is 24.0 Å². The smallest absolute Gasteiger partial charge is 0.387 e. The van der Waals surface area contributed by atoms with E-state index in [4.69, 9.17) is 0 Å². The van der Waals surface area contributed by atoms with Crippen molar-refractivity contribution in [3.8, 4) is 5.75 Å². The van der Waals surface area contributed by atoms with Crippen molar-refractivity contribution >= 4 is 5.69 Å². The Morgan fingerprint density at radius 3 is 2.89 bits per heavy atom. The minimum Gasteiger partial charge on any atom is -0.432 e. The van der Waals surface area contributed by atoms with Gasteiger partial charge in [0.25, 0.3) is 0 Å². The first kappa shape index (κ1) is 13.0. The van der Waals surface area contributed by atoms with Crippen LogP contribution in [0.1, 0.15) is 12.8 Å². The first-order valence-electron chi connectivity index (χ1n) is 5.87. The second-order valence-electron chi connectivity index (χ2n) is 4.20. The minimum atomic E-state index is -3.01. The van der Waals surface area contributed by atoms with Crippen LogP contribution < -0.4 is 15.4 Å². The molecule has 0 saturated carbocycles. The third-order valence-corrected chi connectivity index (χ3v) is 2.86. The van der Waals surface area contributed by atoms with Crippen LogP contribution in [0.25, 0.3) is 0 Å². The molecule has 2 rings (SSSR count). The summed E-state index contributed by atoms with van der Waals surface area (Å²) in [5.41, 5.74) is 0.558. The molecule has 1 atom stereocenters. The summed E-state index contributed by atoms with van der Waals surface area (Å²) in [7, 11) is 0. The molecule has 0 aliphatic carbocycles. The molecule has 100 valence electrons. The van der Waals surface area contributed by atoms with Crippen LogP contribution in [0.15, 0.2) is 18.2 Å². The Balaban J connectivity index is 1.91. The zero-order valence-electron chi connectivity index (χ0n) is 9.76. The lowest BCUT2D eigenvalue weighted by atomic mass is 10.2. The van der Waals surface area contributed by atoms with Crippen molar-refractivity contribution < 1.29 is 17.9 Å². The fraction of sp³-hybridized carbons (Fsp3) is 0.500. The number of rotatable bonds is 5. The fourth-order valence-corrected chi connectivity index (χ4v) is 1.97. The second kappa shape index (κ2) is 5.95. The van der Waals surface area contributed by atoms with E-state index in [2.05, 4.69) is 15.4 Å². The van der Waals surface area contributed by atoms with Crippen LogP contribution in [-0.2, 0) is 0 Å². The third kappa shape index (κ3) is 3.53. The molecular formula is C12H15F3N2O. The van der Waals surface area contributed by atoms with Crippen LogP contribution in [0.3, 0.4) is 0 Å². The van der Waals surface area contributed by atoms with Gasteiger partial charge in [0.15, 0.2) is 11.6 Å². The highest BCUT2D eigenvalue weighted by atomic mass is 19.3. The van der Waals surface area contributed by atoms with Gasteiger partial charge in [-0.05, 0) is 31.5 Å².